The molecule has 2 fully saturated rings. The van der Waals surface area contributed by atoms with E-state index in [9.17, 15) is 9.59 Å². The standard InChI is InChI=1S/C13H17N5O2/c1-3-17-12(19)10-8-16(4-5-18(10)13(17)20)11-7-14-6-9(2)15-11/h6-7,10H,3-5,8H2,1-2H3. The van der Waals surface area contributed by atoms with Crippen LogP contribution in [-0.4, -0.2) is 63.9 Å². The SMILES string of the molecule is CCN1C(=O)C2CN(c3cncc(C)n3)CCN2C1=O. The van der Waals surface area contributed by atoms with E-state index in [1.807, 2.05) is 18.7 Å². The number of imide groups is 1. The highest BCUT2D eigenvalue weighted by Crippen LogP contribution is 2.24. The van der Waals surface area contributed by atoms with Gasteiger partial charge >= 0.3 is 6.03 Å². The van der Waals surface area contributed by atoms with Crippen LogP contribution < -0.4 is 4.90 Å². The van der Waals surface area contributed by atoms with Crippen molar-refractivity contribution in [1.82, 2.24) is 19.8 Å². The van der Waals surface area contributed by atoms with Gasteiger partial charge in [0.25, 0.3) is 5.91 Å². The van der Waals surface area contributed by atoms with Crippen LogP contribution in [0.4, 0.5) is 10.6 Å². The number of likely N-dealkylation sites (N-methyl/N-ethyl adjacent to an activating group) is 1. The Bertz CT molecular complexity index is 561. The third-order valence-electron chi connectivity index (χ3n) is 3.79. The lowest BCUT2D eigenvalue weighted by Crippen LogP contribution is -2.53. The highest BCUT2D eigenvalue weighted by molar-refractivity contribution is 6.04. The molecule has 0 aliphatic carbocycles. The number of carbonyl (C=O) groups excluding carboxylic acids is 2. The number of carbonyl (C=O) groups is 2. The van der Waals surface area contributed by atoms with E-state index in [4.69, 9.17) is 0 Å². The molecule has 3 heterocycles. The zero-order valence-electron chi connectivity index (χ0n) is 11.6. The van der Waals surface area contributed by atoms with Crippen molar-refractivity contribution in [2.24, 2.45) is 0 Å². The molecule has 0 aromatic carbocycles. The fourth-order valence-electron chi connectivity index (χ4n) is 2.75. The van der Waals surface area contributed by atoms with E-state index in [1.165, 1.54) is 4.90 Å². The second kappa shape index (κ2) is 4.73. The molecule has 1 atom stereocenters. The molecule has 106 valence electrons. The molecule has 7 nitrogen and oxygen atoms in total. The van der Waals surface area contributed by atoms with Crippen LogP contribution in [0, 0.1) is 6.92 Å². The molecule has 0 N–H and O–H groups in total. The Morgan fingerprint density at radius 1 is 1.30 bits per heavy atom. The van der Waals surface area contributed by atoms with Gasteiger partial charge < -0.3 is 9.80 Å². The van der Waals surface area contributed by atoms with E-state index in [0.29, 0.717) is 26.2 Å². The maximum absolute atomic E-state index is 12.2. The number of rotatable bonds is 2. The molecule has 0 radical (unpaired) electrons. The van der Waals surface area contributed by atoms with E-state index in [2.05, 4.69) is 9.97 Å². The summed E-state index contributed by atoms with van der Waals surface area (Å²) >= 11 is 0. The van der Waals surface area contributed by atoms with Crippen molar-refractivity contribution in [3.8, 4) is 0 Å². The normalized spacial score (nSPS) is 22.5. The average Bonchev–Trinajstić information content (AvgIpc) is 2.70. The number of piperazine rings is 1. The van der Waals surface area contributed by atoms with E-state index in [0.717, 1.165) is 11.5 Å². The summed E-state index contributed by atoms with van der Waals surface area (Å²) in [5, 5.41) is 0. The molecule has 7 heteroatoms. The van der Waals surface area contributed by atoms with Crippen molar-refractivity contribution in [2.75, 3.05) is 31.1 Å². The van der Waals surface area contributed by atoms with Gasteiger partial charge in [-0.2, -0.15) is 0 Å². The van der Waals surface area contributed by atoms with Gasteiger partial charge in [-0.15, -0.1) is 0 Å². The summed E-state index contributed by atoms with van der Waals surface area (Å²) in [5.74, 6) is 0.655. The van der Waals surface area contributed by atoms with Crippen molar-refractivity contribution in [1.29, 1.82) is 0 Å². The van der Waals surface area contributed by atoms with Gasteiger partial charge in [-0.25, -0.2) is 9.78 Å². The van der Waals surface area contributed by atoms with Crippen LogP contribution in [0.5, 0.6) is 0 Å². The molecule has 3 amide bonds. The van der Waals surface area contributed by atoms with Gasteiger partial charge in [-0.3, -0.25) is 14.7 Å². The monoisotopic (exact) mass is 275 g/mol. The molecule has 1 aromatic rings. The molecule has 0 saturated carbocycles. The first-order chi connectivity index (χ1) is 9.61. The number of hydrogen-bond donors (Lipinski definition) is 0. The first-order valence-electron chi connectivity index (χ1n) is 6.77. The fourth-order valence-corrected chi connectivity index (χ4v) is 2.75. The third-order valence-corrected chi connectivity index (χ3v) is 3.79. The van der Waals surface area contributed by atoms with Crippen molar-refractivity contribution < 1.29 is 9.59 Å². The Morgan fingerprint density at radius 3 is 2.80 bits per heavy atom. The van der Waals surface area contributed by atoms with E-state index in [1.54, 1.807) is 17.3 Å². The number of urea groups is 1. The van der Waals surface area contributed by atoms with Crippen LogP contribution in [0.1, 0.15) is 12.6 Å². The molecule has 2 aliphatic rings. The maximum atomic E-state index is 12.2. The first-order valence-corrected chi connectivity index (χ1v) is 6.77. The quantitative estimate of drug-likeness (QED) is 0.724. The number of aryl methyl sites for hydroxylation is 1. The van der Waals surface area contributed by atoms with E-state index >= 15 is 0 Å². The minimum Gasteiger partial charge on any atom is -0.351 e. The Morgan fingerprint density at radius 2 is 2.10 bits per heavy atom. The molecule has 2 aliphatic heterocycles. The van der Waals surface area contributed by atoms with Crippen molar-refractivity contribution >= 4 is 17.8 Å². The van der Waals surface area contributed by atoms with Gasteiger partial charge in [0.2, 0.25) is 0 Å². The third kappa shape index (κ3) is 1.90. The summed E-state index contributed by atoms with van der Waals surface area (Å²) in [6.07, 6.45) is 3.39. The molecule has 1 unspecified atom stereocenters. The largest absolute Gasteiger partial charge is 0.351 e. The highest BCUT2D eigenvalue weighted by atomic mass is 16.2. The number of hydrogen-bond acceptors (Lipinski definition) is 5. The molecule has 3 rings (SSSR count). The average molecular weight is 275 g/mol. The van der Waals surface area contributed by atoms with Crippen molar-refractivity contribution in [2.45, 2.75) is 19.9 Å². The molecule has 20 heavy (non-hydrogen) atoms. The zero-order valence-corrected chi connectivity index (χ0v) is 11.6. The molecule has 0 bridgehead atoms. The van der Waals surface area contributed by atoms with Gasteiger partial charge in [0.1, 0.15) is 11.9 Å². The van der Waals surface area contributed by atoms with Crippen LogP contribution in [-0.2, 0) is 4.79 Å². The van der Waals surface area contributed by atoms with Gasteiger partial charge in [-0.05, 0) is 13.8 Å². The molecule has 1 aromatic heterocycles. The molecular weight excluding hydrogens is 258 g/mol. The molecule has 2 saturated heterocycles. The van der Waals surface area contributed by atoms with Gasteiger partial charge in [0.05, 0.1) is 11.9 Å². The van der Waals surface area contributed by atoms with Crippen LogP contribution in [0.2, 0.25) is 0 Å². The number of fused-ring (bicyclic) bond motifs is 1. The summed E-state index contributed by atoms with van der Waals surface area (Å²) in [6, 6.07) is -0.559. The van der Waals surface area contributed by atoms with Crippen LogP contribution in [0.15, 0.2) is 12.4 Å². The smallest absolute Gasteiger partial charge is 0.327 e. The van der Waals surface area contributed by atoms with Crippen molar-refractivity contribution in [3.63, 3.8) is 0 Å². The molecular formula is C13H17N5O2. The zero-order chi connectivity index (χ0) is 14.3. The fraction of sp³-hybridized carbons (Fsp3) is 0.538. The number of anilines is 1. The lowest BCUT2D eigenvalue weighted by atomic mass is 10.2. The topological polar surface area (TPSA) is 69.6 Å². The lowest BCUT2D eigenvalue weighted by Gasteiger charge is -2.35. The Labute approximate surface area is 117 Å². The Hall–Kier alpha value is -2.18. The summed E-state index contributed by atoms with van der Waals surface area (Å²) in [5.41, 5.74) is 0.842. The van der Waals surface area contributed by atoms with Gasteiger partial charge in [0.15, 0.2) is 0 Å². The molecule has 0 spiro atoms. The summed E-state index contributed by atoms with van der Waals surface area (Å²) in [7, 11) is 0. The summed E-state index contributed by atoms with van der Waals surface area (Å²) in [6.45, 7) is 5.83. The summed E-state index contributed by atoms with van der Waals surface area (Å²) < 4.78 is 0. The minimum atomic E-state index is -0.390. The second-order valence-electron chi connectivity index (χ2n) is 5.04. The maximum Gasteiger partial charge on any atom is 0.327 e. The number of nitrogens with zero attached hydrogens (tertiary/aromatic N) is 5. The summed E-state index contributed by atoms with van der Waals surface area (Å²) in [4.78, 5) is 37.8. The number of aromatic nitrogens is 2. The minimum absolute atomic E-state index is 0.109. The predicted molar refractivity (Wildman–Crippen MR) is 72.3 cm³/mol. The highest BCUT2D eigenvalue weighted by Gasteiger charge is 2.47. The van der Waals surface area contributed by atoms with Gasteiger partial charge in [0, 0.05) is 32.4 Å². The Kier molecular flexibility index (Phi) is 3.04. The van der Waals surface area contributed by atoms with Crippen LogP contribution in [0.3, 0.4) is 0 Å². The van der Waals surface area contributed by atoms with E-state index in [-0.39, 0.29) is 11.9 Å². The Balaban J connectivity index is 1.82. The predicted octanol–water partition coefficient (Wildman–Crippen LogP) is 0.258. The number of amides is 3. The van der Waals surface area contributed by atoms with Crippen molar-refractivity contribution in [3.05, 3.63) is 18.1 Å². The van der Waals surface area contributed by atoms with Gasteiger partial charge in [-0.1, -0.05) is 0 Å². The van der Waals surface area contributed by atoms with Crippen LogP contribution in [0.25, 0.3) is 0 Å². The van der Waals surface area contributed by atoms with Crippen LogP contribution >= 0.6 is 0 Å². The lowest BCUT2D eigenvalue weighted by molar-refractivity contribution is -0.128. The van der Waals surface area contributed by atoms with E-state index < -0.39 is 6.04 Å². The second-order valence-corrected chi connectivity index (χ2v) is 5.04. The first kappa shape index (κ1) is 12.8.